The highest BCUT2D eigenvalue weighted by atomic mass is 16.1. The lowest BCUT2D eigenvalue weighted by molar-refractivity contribution is -0.121. The summed E-state index contributed by atoms with van der Waals surface area (Å²) in [5.74, 6) is 0.747. The molecule has 106 valence electrons. The number of hydrogen-bond acceptors (Lipinski definition) is 4. The van der Waals surface area contributed by atoms with Crippen molar-refractivity contribution in [2.24, 2.45) is 5.73 Å². The molecule has 1 unspecified atom stereocenters. The fourth-order valence-corrected chi connectivity index (χ4v) is 1.75. The van der Waals surface area contributed by atoms with Gasteiger partial charge in [0.25, 0.3) is 0 Å². The molecule has 6 nitrogen and oxygen atoms in total. The molecule has 20 heavy (non-hydrogen) atoms. The fourth-order valence-electron chi connectivity index (χ4n) is 1.75. The summed E-state index contributed by atoms with van der Waals surface area (Å²) in [6.45, 7) is 2.38. The Labute approximate surface area is 118 Å². The molecule has 0 aliphatic carbocycles. The molecule has 0 aliphatic heterocycles. The molecule has 2 aromatic heterocycles. The second-order valence-electron chi connectivity index (χ2n) is 4.77. The molecular weight excluding hydrogens is 254 g/mol. The maximum atomic E-state index is 11.6. The predicted octanol–water partition coefficient (Wildman–Crippen LogP) is 1.01. The van der Waals surface area contributed by atoms with Gasteiger partial charge in [0.1, 0.15) is 0 Å². The molecule has 0 fully saturated rings. The molecule has 2 aromatic rings. The summed E-state index contributed by atoms with van der Waals surface area (Å²) in [6, 6.07) is 5.66. The van der Waals surface area contributed by atoms with Crippen molar-refractivity contribution in [2.75, 3.05) is 0 Å². The Balaban J connectivity index is 1.90. The lowest BCUT2D eigenvalue weighted by Gasteiger charge is -2.08. The number of hydrogen-bond donors (Lipinski definition) is 2. The lowest BCUT2D eigenvalue weighted by atomic mass is 10.2. The fraction of sp³-hybridized carbons (Fsp3) is 0.357. The van der Waals surface area contributed by atoms with Gasteiger partial charge < -0.3 is 11.1 Å². The lowest BCUT2D eigenvalue weighted by Crippen LogP contribution is -2.25. The van der Waals surface area contributed by atoms with Gasteiger partial charge in [0.05, 0.1) is 0 Å². The Morgan fingerprint density at radius 1 is 1.50 bits per heavy atom. The van der Waals surface area contributed by atoms with Crippen molar-refractivity contribution in [3.63, 3.8) is 0 Å². The Morgan fingerprint density at radius 3 is 3.05 bits per heavy atom. The molecule has 0 bridgehead atoms. The van der Waals surface area contributed by atoms with Crippen molar-refractivity contribution in [1.82, 2.24) is 20.1 Å². The minimum atomic E-state index is 0.0137. The molecule has 0 spiro atoms. The normalized spacial score (nSPS) is 12.1. The van der Waals surface area contributed by atoms with E-state index in [9.17, 15) is 4.79 Å². The van der Waals surface area contributed by atoms with Crippen molar-refractivity contribution in [3.8, 4) is 5.82 Å². The molecule has 0 aromatic carbocycles. The Hall–Kier alpha value is -2.21. The molecule has 1 amide bonds. The third-order valence-corrected chi connectivity index (χ3v) is 2.87. The minimum absolute atomic E-state index is 0.0137. The second-order valence-corrected chi connectivity index (χ2v) is 4.77. The smallest absolute Gasteiger partial charge is 0.220 e. The van der Waals surface area contributed by atoms with Crippen LogP contribution in [0.25, 0.3) is 5.82 Å². The van der Waals surface area contributed by atoms with E-state index in [0.29, 0.717) is 19.4 Å². The van der Waals surface area contributed by atoms with Crippen LogP contribution in [0.15, 0.2) is 36.8 Å². The SMILES string of the molecule is CC(N)CCC(=O)NCc1ccnc(-n2cccn2)c1. The van der Waals surface area contributed by atoms with Crippen molar-refractivity contribution in [1.29, 1.82) is 0 Å². The summed E-state index contributed by atoms with van der Waals surface area (Å²) < 4.78 is 1.68. The number of nitrogens with one attached hydrogen (secondary N) is 1. The van der Waals surface area contributed by atoms with E-state index in [4.69, 9.17) is 5.73 Å². The summed E-state index contributed by atoms with van der Waals surface area (Å²) in [4.78, 5) is 15.9. The Bertz CT molecular complexity index is 550. The summed E-state index contributed by atoms with van der Waals surface area (Å²) in [6.07, 6.45) is 6.38. The van der Waals surface area contributed by atoms with Crippen molar-refractivity contribution < 1.29 is 4.79 Å². The first-order valence-electron chi connectivity index (χ1n) is 6.62. The van der Waals surface area contributed by atoms with Gasteiger partial charge in [0, 0.05) is 37.6 Å². The number of carbonyl (C=O) groups is 1. The van der Waals surface area contributed by atoms with E-state index in [0.717, 1.165) is 11.4 Å². The van der Waals surface area contributed by atoms with Crippen LogP contribution in [0.3, 0.4) is 0 Å². The van der Waals surface area contributed by atoms with Gasteiger partial charge in [-0.15, -0.1) is 0 Å². The average molecular weight is 273 g/mol. The third-order valence-electron chi connectivity index (χ3n) is 2.87. The van der Waals surface area contributed by atoms with Crippen LogP contribution in [0.2, 0.25) is 0 Å². The van der Waals surface area contributed by atoms with Crippen molar-refractivity contribution >= 4 is 5.91 Å². The average Bonchev–Trinajstić information content (AvgIpc) is 2.97. The molecule has 0 aliphatic rings. The first-order chi connectivity index (χ1) is 9.65. The molecule has 0 saturated carbocycles. The molecule has 2 rings (SSSR count). The van der Waals surface area contributed by atoms with Gasteiger partial charge in [0.15, 0.2) is 5.82 Å². The number of nitrogens with two attached hydrogens (primary N) is 1. The molecule has 6 heteroatoms. The topological polar surface area (TPSA) is 85.8 Å². The standard InChI is InChI=1S/C14H19N5O/c1-11(15)3-4-14(20)17-10-12-5-7-16-13(9-12)19-8-2-6-18-19/h2,5-9,11H,3-4,10,15H2,1H3,(H,17,20). The molecule has 3 N–H and O–H groups in total. The summed E-state index contributed by atoms with van der Waals surface area (Å²) in [5, 5.41) is 7.00. The monoisotopic (exact) mass is 273 g/mol. The van der Waals surface area contributed by atoms with Crippen LogP contribution >= 0.6 is 0 Å². The number of pyridine rings is 1. The van der Waals surface area contributed by atoms with Crippen molar-refractivity contribution in [3.05, 3.63) is 42.4 Å². The quantitative estimate of drug-likeness (QED) is 0.822. The van der Waals surface area contributed by atoms with Crippen LogP contribution in [0, 0.1) is 0 Å². The Morgan fingerprint density at radius 2 is 2.35 bits per heavy atom. The molecule has 2 heterocycles. The van der Waals surface area contributed by atoms with E-state index < -0.39 is 0 Å². The van der Waals surface area contributed by atoms with Gasteiger partial charge >= 0.3 is 0 Å². The van der Waals surface area contributed by atoms with Gasteiger partial charge in [-0.1, -0.05) is 0 Å². The van der Waals surface area contributed by atoms with Crippen LogP contribution in [0.4, 0.5) is 0 Å². The molecule has 0 saturated heterocycles. The van der Waals surface area contributed by atoms with E-state index in [1.165, 1.54) is 0 Å². The molecule has 1 atom stereocenters. The van der Waals surface area contributed by atoms with Crippen molar-refractivity contribution in [2.45, 2.75) is 32.4 Å². The van der Waals surface area contributed by atoms with E-state index in [2.05, 4.69) is 15.4 Å². The maximum absolute atomic E-state index is 11.6. The number of nitrogens with zero attached hydrogens (tertiary/aromatic N) is 3. The zero-order valence-corrected chi connectivity index (χ0v) is 11.5. The van der Waals surface area contributed by atoms with Gasteiger partial charge in [0.2, 0.25) is 5.91 Å². The number of carbonyl (C=O) groups excluding carboxylic acids is 1. The predicted molar refractivity (Wildman–Crippen MR) is 76.1 cm³/mol. The Kier molecular flexibility index (Phi) is 4.84. The zero-order chi connectivity index (χ0) is 14.4. The van der Waals surface area contributed by atoms with Gasteiger partial charge in [-0.25, -0.2) is 9.67 Å². The van der Waals surface area contributed by atoms with Gasteiger partial charge in [-0.05, 0) is 37.1 Å². The molecular formula is C14H19N5O. The van der Waals surface area contributed by atoms with Crippen LogP contribution in [-0.2, 0) is 11.3 Å². The largest absolute Gasteiger partial charge is 0.352 e. The number of rotatable bonds is 6. The first kappa shape index (κ1) is 14.2. The zero-order valence-electron chi connectivity index (χ0n) is 11.5. The minimum Gasteiger partial charge on any atom is -0.352 e. The second kappa shape index (κ2) is 6.81. The summed E-state index contributed by atoms with van der Waals surface area (Å²) >= 11 is 0. The number of amides is 1. The highest BCUT2D eigenvalue weighted by Crippen LogP contribution is 2.06. The highest BCUT2D eigenvalue weighted by molar-refractivity contribution is 5.75. The highest BCUT2D eigenvalue weighted by Gasteiger charge is 2.04. The summed E-state index contributed by atoms with van der Waals surface area (Å²) in [7, 11) is 0. The van der Waals surface area contributed by atoms with E-state index in [1.54, 1.807) is 17.1 Å². The third kappa shape index (κ3) is 4.17. The van der Waals surface area contributed by atoms with Gasteiger partial charge in [-0.3, -0.25) is 4.79 Å². The van der Waals surface area contributed by atoms with Crippen LogP contribution in [-0.4, -0.2) is 26.7 Å². The number of aromatic nitrogens is 3. The van der Waals surface area contributed by atoms with E-state index >= 15 is 0 Å². The summed E-state index contributed by atoms with van der Waals surface area (Å²) in [5.41, 5.74) is 6.61. The van der Waals surface area contributed by atoms with Crippen LogP contribution < -0.4 is 11.1 Å². The van der Waals surface area contributed by atoms with E-state index in [-0.39, 0.29) is 11.9 Å². The maximum Gasteiger partial charge on any atom is 0.220 e. The molecule has 0 radical (unpaired) electrons. The van der Waals surface area contributed by atoms with E-state index in [1.807, 2.05) is 31.3 Å². The van der Waals surface area contributed by atoms with Crippen LogP contribution in [0.5, 0.6) is 0 Å². The van der Waals surface area contributed by atoms with Crippen LogP contribution in [0.1, 0.15) is 25.3 Å². The first-order valence-corrected chi connectivity index (χ1v) is 6.62. The van der Waals surface area contributed by atoms with Gasteiger partial charge in [-0.2, -0.15) is 5.10 Å².